The van der Waals surface area contributed by atoms with E-state index in [1.165, 1.54) is 0 Å². The second-order valence-electron chi connectivity index (χ2n) is 9.19. The van der Waals surface area contributed by atoms with Crippen molar-refractivity contribution in [3.63, 3.8) is 0 Å². The summed E-state index contributed by atoms with van der Waals surface area (Å²) in [7, 11) is -3.69. The average Bonchev–Trinajstić information content (AvgIpc) is 3.33. The van der Waals surface area contributed by atoms with Crippen LogP contribution in [0.15, 0.2) is 71.6 Å². The second-order valence-corrected chi connectivity index (χ2v) is 12.3. The van der Waals surface area contributed by atoms with Crippen molar-refractivity contribution in [3.05, 3.63) is 82.9 Å². The van der Waals surface area contributed by atoms with Crippen LogP contribution in [0.3, 0.4) is 0 Å². The third-order valence-electron chi connectivity index (χ3n) is 6.43. The predicted molar refractivity (Wildman–Crippen MR) is 154 cm³/mol. The highest BCUT2D eigenvalue weighted by molar-refractivity contribution is 7.92. The topological polar surface area (TPSA) is 94.6 Å². The largest absolute Gasteiger partial charge is 0.351 e. The zero-order chi connectivity index (χ0) is 26.7. The fraction of sp³-hybridized carbons (Fsp3) is 0.259. The van der Waals surface area contributed by atoms with Crippen molar-refractivity contribution in [3.8, 4) is 0 Å². The zero-order valence-electron chi connectivity index (χ0n) is 20.9. The van der Waals surface area contributed by atoms with Crippen LogP contribution in [0.4, 0.5) is 10.8 Å². The van der Waals surface area contributed by atoms with Gasteiger partial charge in [-0.05, 0) is 61.5 Å². The van der Waals surface area contributed by atoms with Crippen molar-refractivity contribution in [2.45, 2.75) is 11.8 Å². The number of carbonyl (C=O) groups excluding carboxylic acids is 1. The Kier molecular flexibility index (Phi) is 7.85. The lowest BCUT2D eigenvalue weighted by atomic mass is 10.2. The number of hydrogen-bond donors (Lipinski definition) is 2. The predicted octanol–water partition coefficient (Wildman–Crippen LogP) is 4.61. The smallest absolute Gasteiger partial charge is 0.261 e. The molecule has 0 unspecified atom stereocenters. The number of nitrogens with zero attached hydrogens (tertiary/aromatic N) is 3. The first-order valence-electron chi connectivity index (χ1n) is 12.3. The summed E-state index contributed by atoms with van der Waals surface area (Å²) in [5.74, 6) is -0.190. The number of hydrogen-bond acceptors (Lipinski definition) is 7. The number of aryl methyl sites for hydroxylation is 1. The SMILES string of the molecule is Cc1ccc(S(=O)(=O)Nc2ccc(C(=O)NCCN3CCN(c4nc5ccc(Cl)cc5s4)CC3)cc2)cc1. The van der Waals surface area contributed by atoms with Crippen LogP contribution in [-0.2, 0) is 10.0 Å². The van der Waals surface area contributed by atoms with Gasteiger partial charge in [0, 0.05) is 55.5 Å². The zero-order valence-corrected chi connectivity index (χ0v) is 23.2. The van der Waals surface area contributed by atoms with Gasteiger partial charge in [-0.1, -0.05) is 40.6 Å². The molecule has 0 bridgehead atoms. The molecule has 0 saturated carbocycles. The molecule has 1 fully saturated rings. The molecule has 1 aliphatic heterocycles. The number of carbonyl (C=O) groups is 1. The standard InChI is InChI=1S/C27H28ClN5O3S2/c1-19-2-9-23(10-3-19)38(35,36)31-22-7-4-20(5-8-22)26(34)29-12-13-32-14-16-33(17-15-32)27-30-24-11-6-21(28)18-25(24)37-27/h2-11,18,31H,12-17H2,1H3,(H,29,34). The molecule has 3 aromatic carbocycles. The summed E-state index contributed by atoms with van der Waals surface area (Å²) in [6, 6.07) is 18.8. The number of rotatable bonds is 8. The Morgan fingerprint density at radius 1 is 1.00 bits per heavy atom. The first kappa shape index (κ1) is 26.4. The van der Waals surface area contributed by atoms with Crippen LogP contribution < -0.4 is 14.9 Å². The highest BCUT2D eigenvalue weighted by Crippen LogP contribution is 2.31. The third-order valence-corrected chi connectivity index (χ3v) is 9.14. The molecular formula is C27H28ClN5O3S2. The van der Waals surface area contributed by atoms with Crippen molar-refractivity contribution >= 4 is 59.9 Å². The van der Waals surface area contributed by atoms with E-state index in [0.29, 0.717) is 17.8 Å². The molecule has 0 spiro atoms. The molecular weight excluding hydrogens is 542 g/mol. The third kappa shape index (κ3) is 6.27. The van der Waals surface area contributed by atoms with E-state index in [2.05, 4.69) is 19.8 Å². The van der Waals surface area contributed by atoms with Crippen molar-refractivity contribution < 1.29 is 13.2 Å². The fourth-order valence-electron chi connectivity index (χ4n) is 4.24. The van der Waals surface area contributed by atoms with Crippen LogP contribution >= 0.6 is 22.9 Å². The Morgan fingerprint density at radius 3 is 2.42 bits per heavy atom. The molecule has 1 aliphatic rings. The summed E-state index contributed by atoms with van der Waals surface area (Å²) in [5, 5.41) is 4.69. The van der Waals surface area contributed by atoms with E-state index >= 15 is 0 Å². The van der Waals surface area contributed by atoms with Gasteiger partial charge in [-0.25, -0.2) is 13.4 Å². The van der Waals surface area contributed by atoms with Crippen LogP contribution in [0, 0.1) is 6.92 Å². The first-order chi connectivity index (χ1) is 18.3. The minimum atomic E-state index is -3.69. The van der Waals surface area contributed by atoms with Crippen molar-refractivity contribution in [2.24, 2.45) is 0 Å². The Bertz CT molecular complexity index is 1530. The van der Waals surface area contributed by atoms with Gasteiger partial charge >= 0.3 is 0 Å². The van der Waals surface area contributed by atoms with Crippen LogP contribution in [0.2, 0.25) is 5.02 Å². The number of fused-ring (bicyclic) bond motifs is 1. The van der Waals surface area contributed by atoms with Gasteiger partial charge in [0.2, 0.25) is 0 Å². The van der Waals surface area contributed by atoms with E-state index in [0.717, 1.165) is 58.7 Å². The molecule has 2 heterocycles. The molecule has 0 aliphatic carbocycles. The number of amides is 1. The Balaban J connectivity index is 1.07. The monoisotopic (exact) mass is 569 g/mol. The van der Waals surface area contributed by atoms with Crippen LogP contribution in [0.25, 0.3) is 10.2 Å². The van der Waals surface area contributed by atoms with E-state index in [-0.39, 0.29) is 10.8 Å². The molecule has 2 N–H and O–H groups in total. The van der Waals surface area contributed by atoms with Gasteiger partial charge in [-0.2, -0.15) is 0 Å². The molecule has 8 nitrogen and oxygen atoms in total. The normalized spacial score (nSPS) is 14.5. The maximum absolute atomic E-state index is 12.6. The van der Waals surface area contributed by atoms with Gasteiger partial charge in [-0.3, -0.25) is 14.4 Å². The number of nitrogens with one attached hydrogen (secondary N) is 2. The number of anilines is 2. The Labute approximate surface area is 231 Å². The molecule has 5 rings (SSSR count). The lowest BCUT2D eigenvalue weighted by Gasteiger charge is -2.34. The molecule has 198 valence electrons. The second kappa shape index (κ2) is 11.3. The van der Waals surface area contributed by atoms with Crippen molar-refractivity contribution in [2.75, 3.05) is 48.9 Å². The number of aromatic nitrogens is 1. The first-order valence-corrected chi connectivity index (χ1v) is 15.0. The average molecular weight is 570 g/mol. The van der Waals surface area contributed by atoms with Gasteiger partial charge < -0.3 is 10.2 Å². The minimum Gasteiger partial charge on any atom is -0.351 e. The van der Waals surface area contributed by atoms with E-state index < -0.39 is 10.0 Å². The summed E-state index contributed by atoms with van der Waals surface area (Å²) in [6.07, 6.45) is 0. The molecule has 11 heteroatoms. The molecule has 38 heavy (non-hydrogen) atoms. The number of halogens is 1. The molecule has 1 amide bonds. The van der Waals surface area contributed by atoms with Crippen molar-refractivity contribution in [1.82, 2.24) is 15.2 Å². The van der Waals surface area contributed by atoms with Gasteiger partial charge in [-0.15, -0.1) is 0 Å². The van der Waals surface area contributed by atoms with Crippen LogP contribution in [0.5, 0.6) is 0 Å². The molecule has 0 atom stereocenters. The number of piperazine rings is 1. The molecule has 0 radical (unpaired) electrons. The summed E-state index contributed by atoms with van der Waals surface area (Å²) >= 11 is 7.76. The maximum Gasteiger partial charge on any atom is 0.261 e. The lowest BCUT2D eigenvalue weighted by Crippen LogP contribution is -2.48. The quantitative estimate of drug-likeness (QED) is 0.322. The number of thiazole rings is 1. The van der Waals surface area contributed by atoms with Gasteiger partial charge in [0.15, 0.2) is 5.13 Å². The summed E-state index contributed by atoms with van der Waals surface area (Å²) in [4.78, 5) is 22.1. The van der Waals surface area contributed by atoms with Crippen LogP contribution in [-0.4, -0.2) is 63.5 Å². The highest BCUT2D eigenvalue weighted by Gasteiger charge is 2.20. The number of benzene rings is 3. The summed E-state index contributed by atoms with van der Waals surface area (Å²) in [5.41, 5.74) is 2.83. The molecule has 1 aromatic heterocycles. The lowest BCUT2D eigenvalue weighted by molar-refractivity contribution is 0.0948. The summed E-state index contributed by atoms with van der Waals surface area (Å²) in [6.45, 7) is 6.72. The highest BCUT2D eigenvalue weighted by atomic mass is 35.5. The van der Waals surface area contributed by atoms with Gasteiger partial charge in [0.05, 0.1) is 15.1 Å². The maximum atomic E-state index is 12.6. The number of sulfonamides is 1. The van der Waals surface area contributed by atoms with E-state index in [1.807, 2.05) is 25.1 Å². The summed E-state index contributed by atoms with van der Waals surface area (Å²) < 4.78 is 28.8. The molecule has 4 aromatic rings. The van der Waals surface area contributed by atoms with Gasteiger partial charge in [0.25, 0.3) is 15.9 Å². The van der Waals surface area contributed by atoms with Crippen LogP contribution in [0.1, 0.15) is 15.9 Å². The minimum absolute atomic E-state index is 0.190. The van der Waals surface area contributed by atoms with E-state index in [4.69, 9.17) is 16.6 Å². The fourth-order valence-corrected chi connectivity index (χ4v) is 6.59. The van der Waals surface area contributed by atoms with E-state index in [9.17, 15) is 13.2 Å². The Morgan fingerprint density at radius 2 is 1.71 bits per heavy atom. The molecule has 1 saturated heterocycles. The van der Waals surface area contributed by atoms with Gasteiger partial charge in [0.1, 0.15) is 0 Å². The van der Waals surface area contributed by atoms with E-state index in [1.54, 1.807) is 59.9 Å². The van der Waals surface area contributed by atoms with Crippen molar-refractivity contribution in [1.29, 1.82) is 0 Å². The Hall–Kier alpha value is -3.18.